The minimum atomic E-state index is 0.265. The summed E-state index contributed by atoms with van der Waals surface area (Å²) in [4.78, 5) is 8.61. The highest BCUT2D eigenvalue weighted by Crippen LogP contribution is 2.16. The molecule has 4 N–H and O–H groups in total. The van der Waals surface area contributed by atoms with Gasteiger partial charge in [0.05, 0.1) is 0 Å². The predicted molar refractivity (Wildman–Crippen MR) is 61.2 cm³/mol. The van der Waals surface area contributed by atoms with E-state index in [2.05, 4.69) is 20.8 Å². The van der Waals surface area contributed by atoms with Crippen molar-refractivity contribution in [2.45, 2.75) is 19.8 Å². The van der Waals surface area contributed by atoms with Gasteiger partial charge in [0, 0.05) is 26.1 Å². The lowest BCUT2D eigenvalue weighted by molar-refractivity contribution is 0.491. The van der Waals surface area contributed by atoms with E-state index in [1.807, 2.05) is 33.0 Å². The quantitative estimate of drug-likeness (QED) is 0.503. The van der Waals surface area contributed by atoms with Gasteiger partial charge in [0.15, 0.2) is 0 Å². The number of hydrazine groups is 2. The third-order valence-electron chi connectivity index (χ3n) is 1.75. The van der Waals surface area contributed by atoms with Crippen LogP contribution in [-0.2, 0) is 0 Å². The average molecular weight is 210 g/mol. The predicted octanol–water partition coefficient (Wildman–Crippen LogP) is 0.774. The highest BCUT2D eigenvalue weighted by Gasteiger charge is 2.07. The fourth-order valence-electron chi connectivity index (χ4n) is 1.08. The van der Waals surface area contributed by atoms with Crippen LogP contribution in [0.4, 0.5) is 11.6 Å². The third kappa shape index (κ3) is 3.34. The van der Waals surface area contributed by atoms with Gasteiger partial charge in [-0.3, -0.25) is 0 Å². The maximum absolute atomic E-state index is 5.34. The Bertz CT molecular complexity index is 322. The van der Waals surface area contributed by atoms with Crippen molar-refractivity contribution in [1.29, 1.82) is 0 Å². The second-order valence-electron chi connectivity index (χ2n) is 3.80. The molecule has 6 heteroatoms. The van der Waals surface area contributed by atoms with Crippen LogP contribution in [0.15, 0.2) is 6.07 Å². The molecule has 84 valence electrons. The number of hydrogen-bond acceptors (Lipinski definition) is 6. The van der Waals surface area contributed by atoms with E-state index in [-0.39, 0.29) is 5.92 Å². The Kier molecular flexibility index (Phi) is 3.81. The zero-order chi connectivity index (χ0) is 11.4. The fourth-order valence-corrected chi connectivity index (χ4v) is 1.08. The SMILES string of the molecule is CC(C)c1nc(NN)cc(NN(C)C)n1. The van der Waals surface area contributed by atoms with E-state index in [1.54, 1.807) is 6.07 Å². The van der Waals surface area contributed by atoms with Crippen molar-refractivity contribution < 1.29 is 0 Å². The Hall–Kier alpha value is -1.40. The Morgan fingerprint density at radius 2 is 1.87 bits per heavy atom. The molecule has 0 unspecified atom stereocenters. The summed E-state index contributed by atoms with van der Waals surface area (Å²) in [5.41, 5.74) is 5.59. The normalized spacial score (nSPS) is 10.9. The fraction of sp³-hybridized carbons (Fsp3) is 0.556. The smallest absolute Gasteiger partial charge is 0.146 e. The molecule has 0 saturated carbocycles. The van der Waals surface area contributed by atoms with Gasteiger partial charge in [-0.25, -0.2) is 20.8 Å². The first-order valence-electron chi connectivity index (χ1n) is 4.82. The third-order valence-corrected chi connectivity index (χ3v) is 1.75. The lowest BCUT2D eigenvalue weighted by Crippen LogP contribution is -2.21. The topological polar surface area (TPSA) is 79.1 Å². The first kappa shape index (κ1) is 11.7. The van der Waals surface area contributed by atoms with Crippen molar-refractivity contribution in [2.24, 2.45) is 5.84 Å². The maximum atomic E-state index is 5.34. The number of nitrogen functional groups attached to an aromatic ring is 1. The van der Waals surface area contributed by atoms with E-state index in [9.17, 15) is 0 Å². The average Bonchev–Trinajstić information content (AvgIpc) is 2.16. The van der Waals surface area contributed by atoms with Crippen molar-refractivity contribution in [3.05, 3.63) is 11.9 Å². The number of nitrogens with zero attached hydrogens (tertiary/aromatic N) is 3. The van der Waals surface area contributed by atoms with E-state index in [1.165, 1.54) is 0 Å². The van der Waals surface area contributed by atoms with Crippen LogP contribution < -0.4 is 16.7 Å². The monoisotopic (exact) mass is 210 g/mol. The van der Waals surface area contributed by atoms with Crippen LogP contribution >= 0.6 is 0 Å². The molecule has 1 heterocycles. The van der Waals surface area contributed by atoms with Crippen LogP contribution in [0.5, 0.6) is 0 Å². The van der Waals surface area contributed by atoms with Gasteiger partial charge in [0.25, 0.3) is 0 Å². The molecule has 0 atom stereocenters. The molecule has 1 rings (SSSR count). The molecule has 0 aliphatic rings. The standard InChI is InChI=1S/C9H18N6/c1-6(2)9-11-7(13-10)5-8(12-9)14-15(3)4/h5-6H,10H2,1-4H3,(H2,11,12,13,14). The van der Waals surface area contributed by atoms with E-state index in [0.29, 0.717) is 5.82 Å². The Labute approximate surface area is 89.8 Å². The Morgan fingerprint density at radius 3 is 2.33 bits per heavy atom. The highest BCUT2D eigenvalue weighted by atomic mass is 15.5. The molecule has 0 amide bonds. The molecule has 0 saturated heterocycles. The van der Waals surface area contributed by atoms with Gasteiger partial charge in [-0.1, -0.05) is 13.8 Å². The molecular weight excluding hydrogens is 192 g/mol. The molecule has 1 aromatic rings. The van der Waals surface area contributed by atoms with Gasteiger partial charge in [0.1, 0.15) is 17.5 Å². The van der Waals surface area contributed by atoms with E-state index in [4.69, 9.17) is 5.84 Å². The van der Waals surface area contributed by atoms with Crippen LogP contribution in [0, 0.1) is 0 Å². The molecule has 1 aromatic heterocycles. The summed E-state index contributed by atoms with van der Waals surface area (Å²) in [6, 6.07) is 1.76. The zero-order valence-corrected chi connectivity index (χ0v) is 9.57. The lowest BCUT2D eigenvalue weighted by Gasteiger charge is -2.15. The Balaban J connectivity index is 3.00. The van der Waals surface area contributed by atoms with E-state index in [0.717, 1.165) is 11.6 Å². The van der Waals surface area contributed by atoms with Gasteiger partial charge in [0.2, 0.25) is 0 Å². The van der Waals surface area contributed by atoms with Gasteiger partial charge < -0.3 is 10.9 Å². The molecule has 0 bridgehead atoms. The van der Waals surface area contributed by atoms with Crippen LogP contribution in [0.2, 0.25) is 0 Å². The highest BCUT2D eigenvalue weighted by molar-refractivity contribution is 5.46. The summed E-state index contributed by atoms with van der Waals surface area (Å²) in [6.45, 7) is 4.07. The number of nitrogens with two attached hydrogens (primary N) is 1. The molecule has 0 aromatic carbocycles. The summed E-state index contributed by atoms with van der Waals surface area (Å²) in [6.07, 6.45) is 0. The summed E-state index contributed by atoms with van der Waals surface area (Å²) in [7, 11) is 3.79. The molecular formula is C9H18N6. The minimum absolute atomic E-state index is 0.265. The van der Waals surface area contributed by atoms with Crippen LogP contribution in [0.1, 0.15) is 25.6 Å². The van der Waals surface area contributed by atoms with Crippen molar-refractivity contribution in [3.8, 4) is 0 Å². The molecule has 0 aliphatic carbocycles. The Morgan fingerprint density at radius 1 is 1.27 bits per heavy atom. The number of hydrogen-bond donors (Lipinski definition) is 3. The van der Waals surface area contributed by atoms with E-state index >= 15 is 0 Å². The summed E-state index contributed by atoms with van der Waals surface area (Å²) in [5, 5.41) is 1.81. The summed E-state index contributed by atoms with van der Waals surface area (Å²) < 4.78 is 0. The van der Waals surface area contributed by atoms with Crippen molar-refractivity contribution in [3.63, 3.8) is 0 Å². The second-order valence-corrected chi connectivity index (χ2v) is 3.80. The molecule has 0 radical (unpaired) electrons. The van der Waals surface area contributed by atoms with Crippen molar-refractivity contribution in [2.75, 3.05) is 24.9 Å². The van der Waals surface area contributed by atoms with Crippen molar-refractivity contribution in [1.82, 2.24) is 15.0 Å². The number of anilines is 2. The molecule has 6 nitrogen and oxygen atoms in total. The van der Waals surface area contributed by atoms with Crippen LogP contribution in [-0.4, -0.2) is 29.1 Å². The molecule has 0 fully saturated rings. The van der Waals surface area contributed by atoms with Gasteiger partial charge >= 0.3 is 0 Å². The summed E-state index contributed by atoms with van der Waals surface area (Å²) >= 11 is 0. The molecule has 0 aliphatic heterocycles. The zero-order valence-electron chi connectivity index (χ0n) is 9.57. The van der Waals surface area contributed by atoms with Crippen molar-refractivity contribution >= 4 is 11.6 Å². The molecule has 15 heavy (non-hydrogen) atoms. The second kappa shape index (κ2) is 4.90. The van der Waals surface area contributed by atoms with Gasteiger partial charge in [-0.15, -0.1) is 0 Å². The van der Waals surface area contributed by atoms with E-state index < -0.39 is 0 Å². The maximum Gasteiger partial charge on any atom is 0.146 e. The van der Waals surface area contributed by atoms with Crippen LogP contribution in [0.3, 0.4) is 0 Å². The lowest BCUT2D eigenvalue weighted by atomic mass is 10.2. The number of nitrogens with one attached hydrogen (secondary N) is 2. The number of aromatic nitrogens is 2. The first-order valence-corrected chi connectivity index (χ1v) is 4.82. The largest absolute Gasteiger partial charge is 0.308 e. The first-order chi connectivity index (χ1) is 7.02. The van der Waals surface area contributed by atoms with Gasteiger partial charge in [-0.2, -0.15) is 0 Å². The molecule has 0 spiro atoms. The van der Waals surface area contributed by atoms with Gasteiger partial charge in [-0.05, 0) is 0 Å². The van der Waals surface area contributed by atoms with Crippen LogP contribution in [0.25, 0.3) is 0 Å². The summed E-state index contributed by atoms with van der Waals surface area (Å²) in [5.74, 6) is 7.70. The number of rotatable bonds is 4. The minimum Gasteiger partial charge on any atom is -0.308 e.